The normalized spacial score (nSPS) is 10.6. The first-order chi connectivity index (χ1) is 13.4. The van der Waals surface area contributed by atoms with Crippen molar-refractivity contribution in [2.24, 2.45) is 7.05 Å². The number of hydrogen-bond acceptors (Lipinski definition) is 6. The summed E-state index contributed by atoms with van der Waals surface area (Å²) >= 11 is 0. The molecule has 0 saturated carbocycles. The van der Waals surface area contributed by atoms with Crippen LogP contribution in [0.2, 0.25) is 0 Å². The number of nitrogens with zero attached hydrogens (tertiary/aromatic N) is 4. The number of anilines is 1. The molecule has 1 amide bonds. The first-order valence-electron chi connectivity index (χ1n) is 8.09. The maximum atomic E-state index is 13.8. The Labute approximate surface area is 159 Å². The van der Waals surface area contributed by atoms with Crippen LogP contribution in [0.5, 0.6) is 11.6 Å². The average Bonchev–Trinajstić information content (AvgIpc) is 2.98. The molecule has 0 atom stereocenters. The number of nitrogens with one attached hydrogen (secondary N) is 1. The maximum Gasteiger partial charge on any atom is 0.276 e. The molecule has 146 valence electrons. The second kappa shape index (κ2) is 7.59. The van der Waals surface area contributed by atoms with Gasteiger partial charge in [-0.2, -0.15) is 5.10 Å². The van der Waals surface area contributed by atoms with Crippen LogP contribution in [-0.2, 0) is 7.05 Å². The third-order valence-electron chi connectivity index (χ3n) is 4.12. The van der Waals surface area contributed by atoms with E-state index in [0.717, 1.165) is 12.4 Å². The zero-order chi connectivity index (χ0) is 20.4. The third-order valence-corrected chi connectivity index (χ3v) is 4.12. The molecule has 28 heavy (non-hydrogen) atoms. The lowest BCUT2D eigenvalue weighted by Gasteiger charge is -2.11. The first kappa shape index (κ1) is 19.2. The minimum Gasteiger partial charge on any atom is -0.496 e. The van der Waals surface area contributed by atoms with E-state index in [1.165, 1.54) is 25.1 Å². The van der Waals surface area contributed by atoms with Gasteiger partial charge in [0.15, 0.2) is 17.3 Å². The fourth-order valence-corrected chi connectivity index (χ4v) is 2.80. The number of aromatic nitrogens is 4. The Morgan fingerprint density at radius 1 is 1.14 bits per heavy atom. The molecule has 8 nitrogen and oxygen atoms in total. The van der Waals surface area contributed by atoms with Crippen molar-refractivity contribution in [1.29, 1.82) is 0 Å². The molecule has 0 aromatic carbocycles. The molecule has 0 unspecified atom stereocenters. The van der Waals surface area contributed by atoms with Crippen molar-refractivity contribution < 1.29 is 23.0 Å². The van der Waals surface area contributed by atoms with Crippen molar-refractivity contribution in [3.63, 3.8) is 0 Å². The predicted octanol–water partition coefficient (Wildman–Crippen LogP) is 2.73. The van der Waals surface area contributed by atoms with E-state index in [1.807, 2.05) is 0 Å². The molecular weight excluding hydrogens is 372 g/mol. The molecule has 0 spiro atoms. The lowest BCUT2D eigenvalue weighted by Crippen LogP contribution is -2.16. The van der Waals surface area contributed by atoms with Gasteiger partial charge >= 0.3 is 0 Å². The van der Waals surface area contributed by atoms with Gasteiger partial charge in [-0.3, -0.25) is 14.5 Å². The number of hydrogen-bond donors (Lipinski definition) is 1. The highest BCUT2D eigenvalue weighted by molar-refractivity contribution is 6.05. The zero-order valence-electron chi connectivity index (χ0n) is 15.6. The van der Waals surface area contributed by atoms with Gasteiger partial charge < -0.3 is 14.8 Å². The molecular formula is C18H17F2N5O3. The van der Waals surface area contributed by atoms with Crippen molar-refractivity contribution in [3.05, 3.63) is 47.5 Å². The Balaban J connectivity index is 2.02. The molecule has 3 rings (SSSR count). The molecule has 3 aromatic heterocycles. The van der Waals surface area contributed by atoms with Crippen molar-refractivity contribution in [2.45, 2.75) is 6.92 Å². The zero-order valence-corrected chi connectivity index (χ0v) is 15.6. The minimum absolute atomic E-state index is 0.00554. The number of pyridine rings is 2. The van der Waals surface area contributed by atoms with E-state index >= 15 is 0 Å². The number of ether oxygens (including phenoxy) is 2. The Hall–Kier alpha value is -3.56. The van der Waals surface area contributed by atoms with E-state index in [4.69, 9.17) is 9.47 Å². The van der Waals surface area contributed by atoms with Crippen LogP contribution in [0, 0.1) is 18.6 Å². The van der Waals surface area contributed by atoms with Crippen LogP contribution in [-0.4, -0.2) is 39.9 Å². The van der Waals surface area contributed by atoms with Gasteiger partial charge in [0, 0.05) is 24.9 Å². The van der Waals surface area contributed by atoms with Crippen LogP contribution in [0.3, 0.4) is 0 Å². The summed E-state index contributed by atoms with van der Waals surface area (Å²) in [6.45, 7) is 1.67. The van der Waals surface area contributed by atoms with Gasteiger partial charge in [0.25, 0.3) is 5.91 Å². The summed E-state index contributed by atoms with van der Waals surface area (Å²) in [5.41, 5.74) is 1.05. The van der Waals surface area contributed by atoms with Gasteiger partial charge in [0.2, 0.25) is 5.88 Å². The predicted molar refractivity (Wildman–Crippen MR) is 96.4 cm³/mol. The number of methoxy groups -OCH3 is 2. The summed E-state index contributed by atoms with van der Waals surface area (Å²) in [5.74, 6) is -1.90. The fourth-order valence-electron chi connectivity index (χ4n) is 2.80. The second-order valence-electron chi connectivity index (χ2n) is 5.81. The fraction of sp³-hybridized carbons (Fsp3) is 0.222. The molecule has 0 saturated heterocycles. The number of aryl methyl sites for hydroxylation is 1. The Kier molecular flexibility index (Phi) is 5.21. The Morgan fingerprint density at radius 3 is 2.43 bits per heavy atom. The van der Waals surface area contributed by atoms with Gasteiger partial charge in [-0.1, -0.05) is 0 Å². The summed E-state index contributed by atoms with van der Waals surface area (Å²) in [6.07, 6.45) is 3.15. The highest BCUT2D eigenvalue weighted by Crippen LogP contribution is 2.34. The van der Waals surface area contributed by atoms with Crippen molar-refractivity contribution in [1.82, 2.24) is 19.7 Å². The van der Waals surface area contributed by atoms with Crippen LogP contribution in [0.4, 0.5) is 14.5 Å². The lowest BCUT2D eigenvalue weighted by atomic mass is 10.1. The molecule has 0 bridgehead atoms. The van der Waals surface area contributed by atoms with E-state index in [0.29, 0.717) is 28.5 Å². The third kappa shape index (κ3) is 3.36. The molecule has 0 fully saturated rings. The van der Waals surface area contributed by atoms with Crippen LogP contribution in [0.25, 0.3) is 11.3 Å². The molecule has 10 heteroatoms. The number of halogens is 2. The van der Waals surface area contributed by atoms with Gasteiger partial charge in [0.1, 0.15) is 11.4 Å². The molecule has 3 heterocycles. The smallest absolute Gasteiger partial charge is 0.276 e. The highest BCUT2D eigenvalue weighted by atomic mass is 19.1. The number of amides is 1. The number of carbonyl (C=O) groups is 1. The molecule has 0 radical (unpaired) electrons. The van der Waals surface area contributed by atoms with Crippen LogP contribution < -0.4 is 14.8 Å². The van der Waals surface area contributed by atoms with E-state index in [-0.39, 0.29) is 5.69 Å². The van der Waals surface area contributed by atoms with Crippen LogP contribution in [0.15, 0.2) is 24.7 Å². The standard InChI is InChI=1S/C18H17F2N5O3/c1-9-15(18(26)23-16-11(19)7-21-8-12(16)20)24-25(2)17(9)10-6-22-14(28-4)5-13(10)27-3/h5-8H,1-4H3,(H,21,23,26). The lowest BCUT2D eigenvalue weighted by molar-refractivity contribution is 0.102. The number of rotatable bonds is 5. The summed E-state index contributed by atoms with van der Waals surface area (Å²) < 4.78 is 39.5. The number of carbonyl (C=O) groups excluding carboxylic acids is 1. The topological polar surface area (TPSA) is 91.2 Å². The van der Waals surface area contributed by atoms with E-state index < -0.39 is 23.2 Å². The van der Waals surface area contributed by atoms with Gasteiger partial charge in [0.05, 0.1) is 37.9 Å². The summed E-state index contributed by atoms with van der Waals surface area (Å²) in [6, 6.07) is 1.60. The van der Waals surface area contributed by atoms with Crippen LogP contribution in [0.1, 0.15) is 16.1 Å². The molecule has 0 aliphatic carbocycles. The summed E-state index contributed by atoms with van der Waals surface area (Å²) in [7, 11) is 4.61. The summed E-state index contributed by atoms with van der Waals surface area (Å²) in [4.78, 5) is 20.1. The average molecular weight is 389 g/mol. The van der Waals surface area contributed by atoms with Crippen molar-refractivity contribution in [2.75, 3.05) is 19.5 Å². The second-order valence-corrected chi connectivity index (χ2v) is 5.81. The van der Waals surface area contributed by atoms with E-state index in [1.54, 1.807) is 20.0 Å². The van der Waals surface area contributed by atoms with Gasteiger partial charge in [-0.25, -0.2) is 13.8 Å². The molecule has 0 aliphatic heterocycles. The van der Waals surface area contributed by atoms with Crippen molar-refractivity contribution >= 4 is 11.6 Å². The van der Waals surface area contributed by atoms with E-state index in [9.17, 15) is 13.6 Å². The quantitative estimate of drug-likeness (QED) is 0.722. The SMILES string of the molecule is COc1cc(OC)c(-c2c(C)c(C(=O)Nc3c(F)cncc3F)nn2C)cn1. The molecule has 0 aliphatic rings. The summed E-state index contributed by atoms with van der Waals surface area (Å²) in [5, 5.41) is 6.39. The van der Waals surface area contributed by atoms with Crippen LogP contribution >= 0.6 is 0 Å². The highest BCUT2D eigenvalue weighted by Gasteiger charge is 2.24. The largest absolute Gasteiger partial charge is 0.496 e. The van der Waals surface area contributed by atoms with Gasteiger partial charge in [-0.05, 0) is 6.92 Å². The maximum absolute atomic E-state index is 13.8. The Bertz CT molecular complexity index is 1030. The van der Waals surface area contributed by atoms with Crippen molar-refractivity contribution in [3.8, 4) is 22.9 Å². The van der Waals surface area contributed by atoms with Gasteiger partial charge in [-0.15, -0.1) is 0 Å². The molecule has 3 aromatic rings. The molecule has 1 N–H and O–H groups in total. The van der Waals surface area contributed by atoms with E-state index in [2.05, 4.69) is 20.4 Å². The first-order valence-corrected chi connectivity index (χ1v) is 8.09. The Morgan fingerprint density at radius 2 is 1.82 bits per heavy atom. The monoisotopic (exact) mass is 389 g/mol. The minimum atomic E-state index is -0.983.